The van der Waals surface area contributed by atoms with Gasteiger partial charge in [0.15, 0.2) is 0 Å². The van der Waals surface area contributed by atoms with Crippen molar-refractivity contribution in [1.82, 2.24) is 10.2 Å². The van der Waals surface area contributed by atoms with E-state index in [9.17, 15) is 24.3 Å². The van der Waals surface area contributed by atoms with Crippen molar-refractivity contribution in [1.29, 1.82) is 0 Å². The van der Waals surface area contributed by atoms with Gasteiger partial charge in [0.2, 0.25) is 11.8 Å². The van der Waals surface area contributed by atoms with Crippen molar-refractivity contribution >= 4 is 40.3 Å². The number of anilines is 1. The molecular formula is C31H38N4O6. The van der Waals surface area contributed by atoms with Gasteiger partial charge in [-0.05, 0) is 74.2 Å². The number of alkyl carbamates (subject to hydrolysis) is 1. The van der Waals surface area contributed by atoms with E-state index in [1.807, 2.05) is 68.4 Å². The summed E-state index contributed by atoms with van der Waals surface area (Å²) in [7, 11) is 0. The third kappa shape index (κ3) is 8.28. The molecule has 0 aromatic heterocycles. The molecule has 3 rings (SSSR count). The molecule has 0 heterocycles. The first kappa shape index (κ1) is 31.1. The van der Waals surface area contributed by atoms with Gasteiger partial charge in [0.1, 0.15) is 17.7 Å². The lowest BCUT2D eigenvalue weighted by molar-refractivity contribution is -0.142. The van der Waals surface area contributed by atoms with E-state index in [-0.39, 0.29) is 6.54 Å². The average Bonchev–Trinajstić information content (AvgIpc) is 2.87. The predicted octanol–water partition coefficient (Wildman–Crippen LogP) is 3.73. The van der Waals surface area contributed by atoms with Crippen LogP contribution in [0.5, 0.6) is 0 Å². The summed E-state index contributed by atoms with van der Waals surface area (Å²) in [5, 5.41) is 17.2. The number of hydrogen-bond donors (Lipinski definition) is 4. The van der Waals surface area contributed by atoms with Gasteiger partial charge in [0.05, 0.1) is 13.0 Å². The Balaban J connectivity index is 2.06. The third-order valence-electron chi connectivity index (χ3n) is 6.41. The zero-order valence-corrected chi connectivity index (χ0v) is 24.1. The SMILES string of the molecule is Cc1cccc(C)c1C(C(=O)Nc1ccc2ccccc2c1)N(CCO)C(=O)C(CC(N)=O)NC(=O)OC(C)(C)C. The molecular weight excluding hydrogens is 524 g/mol. The first-order valence-electron chi connectivity index (χ1n) is 13.4. The number of carbonyl (C=O) groups excluding carboxylic acids is 4. The minimum absolute atomic E-state index is 0.256. The number of nitrogens with two attached hydrogens (primary N) is 1. The number of amides is 4. The monoisotopic (exact) mass is 562 g/mol. The number of nitrogens with one attached hydrogen (secondary N) is 2. The molecule has 3 aromatic rings. The van der Waals surface area contributed by atoms with Crippen molar-refractivity contribution < 1.29 is 29.0 Å². The number of nitrogens with zero attached hydrogens (tertiary/aromatic N) is 1. The Hall–Kier alpha value is -4.44. The normalized spacial score (nSPS) is 12.7. The number of hydrogen-bond acceptors (Lipinski definition) is 6. The Bertz CT molecular complexity index is 1410. The molecule has 0 aliphatic heterocycles. The summed E-state index contributed by atoms with van der Waals surface area (Å²) in [4.78, 5) is 53.7. The van der Waals surface area contributed by atoms with Gasteiger partial charge in [0, 0.05) is 12.2 Å². The maximum absolute atomic E-state index is 14.0. The van der Waals surface area contributed by atoms with Gasteiger partial charge < -0.3 is 31.1 Å². The highest BCUT2D eigenvalue weighted by Gasteiger charge is 2.38. The highest BCUT2D eigenvalue weighted by molar-refractivity contribution is 6.01. The Morgan fingerprint density at radius 1 is 0.951 bits per heavy atom. The van der Waals surface area contributed by atoms with Crippen molar-refractivity contribution in [2.24, 2.45) is 5.73 Å². The average molecular weight is 563 g/mol. The molecule has 10 heteroatoms. The molecule has 0 saturated carbocycles. The van der Waals surface area contributed by atoms with E-state index >= 15 is 0 Å². The Morgan fingerprint density at radius 2 is 1.59 bits per heavy atom. The van der Waals surface area contributed by atoms with Gasteiger partial charge in [-0.2, -0.15) is 0 Å². The molecule has 0 aliphatic rings. The molecule has 4 amide bonds. The van der Waals surface area contributed by atoms with Gasteiger partial charge in [-0.3, -0.25) is 14.4 Å². The molecule has 0 fully saturated rings. The molecule has 2 unspecified atom stereocenters. The molecule has 218 valence electrons. The van der Waals surface area contributed by atoms with Crippen LogP contribution in [0.4, 0.5) is 10.5 Å². The third-order valence-corrected chi connectivity index (χ3v) is 6.41. The lowest BCUT2D eigenvalue weighted by Crippen LogP contribution is -2.54. The van der Waals surface area contributed by atoms with Crippen molar-refractivity contribution in [3.8, 4) is 0 Å². The summed E-state index contributed by atoms with van der Waals surface area (Å²) in [6, 6.07) is 16.0. The van der Waals surface area contributed by atoms with Gasteiger partial charge in [0.25, 0.3) is 5.91 Å². The number of aliphatic hydroxyl groups excluding tert-OH is 1. The van der Waals surface area contributed by atoms with E-state index in [0.29, 0.717) is 11.3 Å². The number of benzene rings is 3. The molecule has 0 aliphatic carbocycles. The summed E-state index contributed by atoms with van der Waals surface area (Å²) in [6.45, 7) is 7.87. The van der Waals surface area contributed by atoms with Crippen LogP contribution >= 0.6 is 0 Å². The number of ether oxygens (including phenoxy) is 1. The van der Waals surface area contributed by atoms with Gasteiger partial charge >= 0.3 is 6.09 Å². The fourth-order valence-corrected chi connectivity index (χ4v) is 4.69. The Kier molecular flexibility index (Phi) is 10.1. The molecule has 2 atom stereocenters. The van der Waals surface area contributed by atoms with Crippen LogP contribution in [0.25, 0.3) is 10.8 Å². The summed E-state index contributed by atoms with van der Waals surface area (Å²) >= 11 is 0. The summed E-state index contributed by atoms with van der Waals surface area (Å²) in [5.41, 5.74) is 7.11. The van der Waals surface area contributed by atoms with E-state index in [0.717, 1.165) is 26.8 Å². The first-order valence-corrected chi connectivity index (χ1v) is 13.4. The molecule has 3 aromatic carbocycles. The van der Waals surface area contributed by atoms with Crippen molar-refractivity contribution in [2.75, 3.05) is 18.5 Å². The van der Waals surface area contributed by atoms with Crippen molar-refractivity contribution in [3.63, 3.8) is 0 Å². The summed E-state index contributed by atoms with van der Waals surface area (Å²) in [5.74, 6) is -2.15. The van der Waals surface area contributed by atoms with Crippen LogP contribution in [-0.4, -0.2) is 58.6 Å². The highest BCUT2D eigenvalue weighted by Crippen LogP contribution is 2.30. The van der Waals surface area contributed by atoms with Gasteiger partial charge in [-0.25, -0.2) is 4.79 Å². The maximum atomic E-state index is 14.0. The minimum Gasteiger partial charge on any atom is -0.444 e. The van der Waals surface area contributed by atoms with Gasteiger partial charge in [-0.15, -0.1) is 0 Å². The van der Waals surface area contributed by atoms with Crippen molar-refractivity contribution in [3.05, 3.63) is 77.4 Å². The van der Waals surface area contributed by atoms with E-state index in [1.54, 1.807) is 26.8 Å². The predicted molar refractivity (Wildman–Crippen MR) is 157 cm³/mol. The molecule has 0 saturated heterocycles. The lowest BCUT2D eigenvalue weighted by Gasteiger charge is -2.35. The molecule has 10 nitrogen and oxygen atoms in total. The second-order valence-corrected chi connectivity index (χ2v) is 10.9. The fourth-order valence-electron chi connectivity index (χ4n) is 4.69. The second-order valence-electron chi connectivity index (χ2n) is 10.9. The first-order chi connectivity index (χ1) is 19.3. The molecule has 0 spiro atoms. The zero-order chi connectivity index (χ0) is 30.3. The Morgan fingerprint density at radius 3 is 2.17 bits per heavy atom. The van der Waals surface area contributed by atoms with Crippen LogP contribution in [-0.2, 0) is 19.1 Å². The van der Waals surface area contributed by atoms with Gasteiger partial charge in [-0.1, -0.05) is 48.5 Å². The van der Waals surface area contributed by atoms with Crippen LogP contribution < -0.4 is 16.4 Å². The van der Waals surface area contributed by atoms with E-state index < -0.39 is 54.5 Å². The van der Waals surface area contributed by atoms with Crippen LogP contribution in [0.15, 0.2) is 60.7 Å². The smallest absolute Gasteiger partial charge is 0.408 e. The number of rotatable bonds is 10. The largest absolute Gasteiger partial charge is 0.444 e. The topological polar surface area (TPSA) is 151 Å². The number of carbonyl (C=O) groups is 4. The summed E-state index contributed by atoms with van der Waals surface area (Å²) < 4.78 is 5.28. The maximum Gasteiger partial charge on any atom is 0.408 e. The highest BCUT2D eigenvalue weighted by atomic mass is 16.6. The van der Waals surface area contributed by atoms with E-state index in [4.69, 9.17) is 10.5 Å². The Labute approximate surface area is 239 Å². The standard InChI is InChI=1S/C31H38N4O6/c1-19-9-8-10-20(2)26(19)27(28(38)33-23-14-13-21-11-6-7-12-22(21)17-23)35(15-16-36)29(39)24(18-25(32)37)34-30(40)41-31(3,4)5/h6-14,17,24,27,36H,15-16,18H2,1-5H3,(H2,32,37)(H,33,38)(H,34,40). The molecule has 41 heavy (non-hydrogen) atoms. The molecule has 0 radical (unpaired) electrons. The van der Waals surface area contributed by atoms with Crippen LogP contribution in [0.2, 0.25) is 0 Å². The molecule has 5 N–H and O–H groups in total. The quantitative estimate of drug-likeness (QED) is 0.296. The number of fused-ring (bicyclic) bond motifs is 1. The zero-order valence-electron chi connectivity index (χ0n) is 24.1. The second kappa shape index (κ2) is 13.3. The summed E-state index contributed by atoms with van der Waals surface area (Å²) in [6.07, 6.45) is -1.46. The lowest BCUT2D eigenvalue weighted by atomic mass is 9.93. The van der Waals surface area contributed by atoms with Crippen molar-refractivity contribution in [2.45, 2.75) is 58.7 Å². The fraction of sp³-hybridized carbons (Fsp3) is 0.355. The van der Waals surface area contributed by atoms with E-state index in [2.05, 4.69) is 10.6 Å². The number of primary amides is 1. The van der Waals surface area contributed by atoms with Crippen LogP contribution in [0.3, 0.4) is 0 Å². The van der Waals surface area contributed by atoms with Crippen LogP contribution in [0.1, 0.15) is 49.9 Å². The minimum atomic E-state index is -1.44. The molecule has 0 bridgehead atoms. The van der Waals surface area contributed by atoms with E-state index in [1.165, 1.54) is 0 Å². The number of aliphatic hydroxyl groups is 1. The van der Waals surface area contributed by atoms with Crippen LogP contribution in [0, 0.1) is 13.8 Å². The number of aryl methyl sites for hydroxylation is 2.